The number of carbonyl (C=O) groups is 3. The Hall–Kier alpha value is -4.93. The van der Waals surface area contributed by atoms with Crippen LogP contribution in [-0.2, 0) is 33.8 Å². The van der Waals surface area contributed by atoms with E-state index in [1.807, 2.05) is 55.5 Å². The summed E-state index contributed by atoms with van der Waals surface area (Å²) in [5.74, 6) is -4.98. The summed E-state index contributed by atoms with van der Waals surface area (Å²) >= 11 is 0. The molecule has 0 saturated carbocycles. The average Bonchev–Trinajstić information content (AvgIpc) is 3.05. The van der Waals surface area contributed by atoms with Crippen LogP contribution in [0.4, 0.5) is 0 Å². The minimum atomic E-state index is -2.63. The van der Waals surface area contributed by atoms with Gasteiger partial charge in [0, 0.05) is 11.5 Å². The third-order valence-corrected chi connectivity index (χ3v) is 9.80. The molecule has 5 N–H and O–H groups in total. The lowest BCUT2D eigenvalue weighted by Crippen LogP contribution is -2.64. The molecule has 0 bridgehead atoms. The third kappa shape index (κ3) is 4.99. The number of carbonyl (C=O) groups excluding carboxylic acids is 3. The van der Waals surface area contributed by atoms with Gasteiger partial charge in [-0.05, 0) is 79.2 Å². The van der Waals surface area contributed by atoms with Crippen molar-refractivity contribution in [2.45, 2.75) is 44.4 Å². The molecule has 10 heteroatoms. The number of primary amides is 1. The number of nitrogens with zero attached hydrogens (tertiary/aromatic N) is 1. The highest BCUT2D eigenvalue weighted by Gasteiger charge is 2.63. The lowest BCUT2D eigenvalue weighted by atomic mass is 9.58. The second kappa shape index (κ2) is 12.0. The summed E-state index contributed by atoms with van der Waals surface area (Å²) in [6, 6.07) is 17.3. The number of hydrogen-bond acceptors (Lipinski definition) is 9. The number of aryl methyl sites for hydroxylation is 1. The number of ether oxygens (including phenoxy) is 2. The monoisotopic (exact) mass is 638 g/mol. The fourth-order valence-electron chi connectivity index (χ4n) is 7.59. The van der Waals surface area contributed by atoms with Crippen molar-refractivity contribution in [1.82, 2.24) is 4.90 Å². The van der Waals surface area contributed by atoms with E-state index in [4.69, 9.17) is 15.2 Å². The summed E-state index contributed by atoms with van der Waals surface area (Å²) in [6.45, 7) is 2.06. The van der Waals surface area contributed by atoms with Gasteiger partial charge in [0.1, 0.15) is 35.2 Å². The molecular formula is C37H38N2O8. The van der Waals surface area contributed by atoms with Gasteiger partial charge >= 0.3 is 0 Å². The average molecular weight is 639 g/mol. The van der Waals surface area contributed by atoms with Crippen LogP contribution in [0, 0.1) is 11.8 Å². The maximum absolute atomic E-state index is 14.2. The van der Waals surface area contributed by atoms with Gasteiger partial charge in [0.25, 0.3) is 5.91 Å². The van der Waals surface area contributed by atoms with E-state index in [0.717, 1.165) is 28.7 Å². The molecule has 10 nitrogen and oxygen atoms in total. The number of phenols is 1. The molecule has 0 saturated heterocycles. The quantitative estimate of drug-likeness (QED) is 0.267. The lowest BCUT2D eigenvalue weighted by Gasteiger charge is -2.50. The molecule has 0 heterocycles. The predicted molar refractivity (Wildman–Crippen MR) is 174 cm³/mol. The predicted octanol–water partition coefficient (Wildman–Crippen LogP) is 4.02. The van der Waals surface area contributed by atoms with Gasteiger partial charge in [-0.15, -0.1) is 0 Å². The van der Waals surface area contributed by atoms with Crippen LogP contribution in [0.5, 0.6) is 11.5 Å². The molecule has 0 spiro atoms. The summed E-state index contributed by atoms with van der Waals surface area (Å²) in [7, 11) is 5.03. The van der Waals surface area contributed by atoms with E-state index in [-0.39, 0.29) is 42.1 Å². The van der Waals surface area contributed by atoms with Crippen LogP contribution in [0.15, 0.2) is 83.3 Å². The lowest BCUT2D eigenvalue weighted by molar-refractivity contribution is -0.149. The van der Waals surface area contributed by atoms with E-state index in [1.54, 1.807) is 32.2 Å². The number of methoxy groups -OCH3 is 1. The largest absolute Gasteiger partial charge is 0.508 e. The number of allylic oxidation sites excluding steroid dienone is 1. The number of nitrogens with two attached hydrogens (primary N) is 1. The number of hydrogen-bond donors (Lipinski definition) is 4. The van der Waals surface area contributed by atoms with Crippen LogP contribution in [0.1, 0.15) is 40.4 Å². The van der Waals surface area contributed by atoms with E-state index in [2.05, 4.69) is 0 Å². The number of fused-ring (bicyclic) bond motifs is 3. The summed E-state index contributed by atoms with van der Waals surface area (Å²) < 4.78 is 11.8. The van der Waals surface area contributed by atoms with Crippen molar-refractivity contribution in [2.24, 2.45) is 17.6 Å². The van der Waals surface area contributed by atoms with Gasteiger partial charge in [0.05, 0.1) is 18.7 Å². The smallest absolute Gasteiger partial charge is 0.255 e. The Kier molecular flexibility index (Phi) is 8.19. The number of aromatic hydroxyl groups is 1. The minimum Gasteiger partial charge on any atom is -0.508 e. The third-order valence-electron chi connectivity index (χ3n) is 9.80. The summed E-state index contributed by atoms with van der Waals surface area (Å²) in [5.41, 5.74) is 6.26. The standard InChI is InChI=1S/C37H38N2O8/c1-5-20-11-12-21(17-27(20)46-4)23-13-14-26(40)29-24(23)15-22-16-25-31(39(2)3)33(47-18-19-9-7-6-8-10-19)30(36(38)44)35(43)37(25,45)34(42)28(22)32(29)41/h6-14,17,22,25,31,40,42,45H,5,15-16,18H2,1-4H3,(H2,38,44)/t22?,25?,31?,37-/m0/s1. The van der Waals surface area contributed by atoms with E-state index in [0.29, 0.717) is 11.3 Å². The number of amides is 1. The molecule has 4 atom stereocenters. The molecule has 47 heavy (non-hydrogen) atoms. The Labute approximate surface area is 272 Å². The molecule has 0 aliphatic heterocycles. The number of aliphatic hydroxyl groups is 2. The second-order valence-corrected chi connectivity index (χ2v) is 12.6. The zero-order valence-electron chi connectivity index (χ0n) is 26.7. The zero-order valence-corrected chi connectivity index (χ0v) is 26.7. The molecule has 3 aromatic rings. The Balaban J connectivity index is 1.49. The molecule has 3 aliphatic carbocycles. The highest BCUT2D eigenvalue weighted by molar-refractivity contribution is 6.25. The van der Waals surface area contributed by atoms with E-state index in [1.165, 1.54) is 6.07 Å². The fourth-order valence-corrected chi connectivity index (χ4v) is 7.59. The molecule has 244 valence electrons. The Bertz CT molecular complexity index is 1860. The first-order valence-electron chi connectivity index (χ1n) is 15.6. The number of Topliss-reactive ketones (excluding diaryl/α,β-unsaturated/α-hetero) is 2. The Morgan fingerprint density at radius 2 is 1.79 bits per heavy atom. The van der Waals surface area contributed by atoms with Crippen molar-refractivity contribution in [3.05, 3.63) is 106 Å². The van der Waals surface area contributed by atoms with E-state index >= 15 is 0 Å². The second-order valence-electron chi connectivity index (χ2n) is 12.6. The normalized spacial score (nSPS) is 23.7. The fraction of sp³-hybridized carbons (Fsp3) is 0.324. The summed E-state index contributed by atoms with van der Waals surface area (Å²) in [4.78, 5) is 42.8. The highest BCUT2D eigenvalue weighted by Crippen LogP contribution is 2.53. The molecule has 0 fully saturated rings. The van der Waals surface area contributed by atoms with Crippen molar-refractivity contribution in [3.8, 4) is 22.6 Å². The molecular weight excluding hydrogens is 600 g/mol. The van der Waals surface area contributed by atoms with Crippen LogP contribution < -0.4 is 10.5 Å². The number of likely N-dealkylation sites (N-methyl/N-ethyl adjacent to an activating group) is 1. The topological polar surface area (TPSA) is 160 Å². The van der Waals surface area contributed by atoms with Crippen LogP contribution >= 0.6 is 0 Å². The maximum atomic E-state index is 14.2. The first-order valence-corrected chi connectivity index (χ1v) is 15.6. The van der Waals surface area contributed by atoms with Crippen LogP contribution in [0.25, 0.3) is 11.1 Å². The highest BCUT2D eigenvalue weighted by atomic mass is 16.5. The summed E-state index contributed by atoms with van der Waals surface area (Å²) in [5, 5.41) is 34.9. The SMILES string of the molecule is CCc1ccc(-c2ccc(O)c3c2CC2CC4C(N(C)C)C(OCc5ccccc5)=C(C(N)=O)C(=O)[C@@]4(O)C(O)=C2C3=O)cc1OC. The molecule has 3 aromatic carbocycles. The number of aliphatic hydroxyl groups excluding tert-OH is 1. The van der Waals surface area contributed by atoms with Gasteiger partial charge in [0.15, 0.2) is 11.4 Å². The van der Waals surface area contributed by atoms with Gasteiger partial charge in [-0.2, -0.15) is 0 Å². The van der Waals surface area contributed by atoms with Crippen LogP contribution in [0.3, 0.4) is 0 Å². The molecule has 6 rings (SSSR count). The molecule has 3 unspecified atom stereocenters. The van der Waals surface area contributed by atoms with Crippen molar-refractivity contribution in [2.75, 3.05) is 21.2 Å². The van der Waals surface area contributed by atoms with E-state index in [9.17, 15) is 29.7 Å². The first-order chi connectivity index (χ1) is 22.4. The Morgan fingerprint density at radius 3 is 2.43 bits per heavy atom. The number of rotatable bonds is 8. The molecule has 1 amide bonds. The van der Waals surface area contributed by atoms with Crippen molar-refractivity contribution in [3.63, 3.8) is 0 Å². The number of ketones is 2. The molecule has 0 aromatic heterocycles. The van der Waals surface area contributed by atoms with E-state index < -0.39 is 52.3 Å². The number of benzene rings is 3. The van der Waals surface area contributed by atoms with Gasteiger partial charge in [-0.1, -0.05) is 55.5 Å². The van der Waals surface area contributed by atoms with Gasteiger partial charge < -0.3 is 30.5 Å². The van der Waals surface area contributed by atoms with Gasteiger partial charge in [-0.3, -0.25) is 19.3 Å². The van der Waals surface area contributed by atoms with Crippen molar-refractivity contribution >= 4 is 17.5 Å². The van der Waals surface area contributed by atoms with Crippen LogP contribution in [0.2, 0.25) is 0 Å². The van der Waals surface area contributed by atoms with Gasteiger partial charge in [0.2, 0.25) is 5.78 Å². The minimum absolute atomic E-state index is 0.00579. The van der Waals surface area contributed by atoms with Crippen molar-refractivity contribution in [1.29, 1.82) is 0 Å². The Morgan fingerprint density at radius 1 is 1.06 bits per heavy atom. The summed E-state index contributed by atoms with van der Waals surface area (Å²) in [6.07, 6.45) is 1.09. The zero-order chi connectivity index (χ0) is 33.8. The number of phenolic OH excluding ortho intramolecular Hbond substituents is 1. The molecule has 0 radical (unpaired) electrons. The first kappa shape index (κ1) is 32.0. The van der Waals surface area contributed by atoms with Crippen molar-refractivity contribution < 1.29 is 39.2 Å². The molecule has 3 aliphatic rings. The van der Waals surface area contributed by atoms with Gasteiger partial charge in [-0.25, -0.2) is 0 Å². The maximum Gasteiger partial charge on any atom is 0.255 e. The van der Waals surface area contributed by atoms with Crippen LogP contribution in [-0.4, -0.2) is 70.5 Å².